The number of hydrogen-bond donors (Lipinski definition) is 1. The van der Waals surface area contributed by atoms with E-state index in [4.69, 9.17) is 9.47 Å². The summed E-state index contributed by atoms with van der Waals surface area (Å²) in [7, 11) is 1.66. The number of halogens is 1. The zero-order chi connectivity index (χ0) is 23.3. The van der Waals surface area contributed by atoms with Crippen LogP contribution in [0.4, 0.5) is 5.69 Å². The Balaban J connectivity index is 1.12. The third-order valence-corrected chi connectivity index (χ3v) is 9.11. The first-order valence-corrected chi connectivity index (χ1v) is 13.4. The van der Waals surface area contributed by atoms with E-state index < -0.39 is 0 Å². The number of nitrogens with zero attached hydrogens (tertiary/aromatic N) is 1. The summed E-state index contributed by atoms with van der Waals surface area (Å²) in [6.07, 6.45) is 9.25. The van der Waals surface area contributed by atoms with Crippen LogP contribution < -0.4 is 19.7 Å². The summed E-state index contributed by atoms with van der Waals surface area (Å²) >= 11 is 3.67. The lowest BCUT2D eigenvalue weighted by molar-refractivity contribution is -0.120. The van der Waals surface area contributed by atoms with E-state index >= 15 is 0 Å². The minimum atomic E-state index is -0.0357. The van der Waals surface area contributed by atoms with E-state index in [2.05, 4.69) is 33.4 Å². The van der Waals surface area contributed by atoms with Crippen molar-refractivity contribution in [2.75, 3.05) is 25.2 Å². The summed E-state index contributed by atoms with van der Waals surface area (Å²) in [5.41, 5.74) is 3.70. The van der Waals surface area contributed by atoms with Gasteiger partial charge in [-0.1, -0.05) is 18.2 Å². The van der Waals surface area contributed by atoms with Gasteiger partial charge in [0, 0.05) is 24.3 Å². The van der Waals surface area contributed by atoms with Crippen LogP contribution in [-0.4, -0.2) is 31.7 Å². The Hall–Kier alpha value is -2.05. The lowest BCUT2D eigenvalue weighted by atomic mass is 9.53. The molecule has 4 bridgehead atoms. The molecule has 0 radical (unpaired) electrons. The van der Waals surface area contributed by atoms with E-state index in [1.165, 1.54) is 49.7 Å². The molecule has 4 saturated carbocycles. The molecule has 0 aromatic heterocycles. The van der Waals surface area contributed by atoms with E-state index in [0.29, 0.717) is 23.6 Å². The highest BCUT2D eigenvalue weighted by Crippen LogP contribution is 2.55. The average Bonchev–Trinajstić information content (AvgIpc) is 3.25. The maximum absolute atomic E-state index is 12.9. The quantitative estimate of drug-likeness (QED) is 0.520. The summed E-state index contributed by atoms with van der Waals surface area (Å²) < 4.78 is 12.5. The smallest absolute Gasteiger partial charge is 0.264 e. The van der Waals surface area contributed by atoms with Crippen molar-refractivity contribution < 1.29 is 14.3 Å². The van der Waals surface area contributed by atoms with Gasteiger partial charge in [0.15, 0.2) is 18.1 Å². The van der Waals surface area contributed by atoms with Crippen molar-refractivity contribution in [1.82, 2.24) is 5.32 Å². The third-order valence-electron chi connectivity index (χ3n) is 8.52. The molecule has 0 spiro atoms. The minimum absolute atomic E-state index is 0.0197. The molecule has 5 nitrogen and oxygen atoms in total. The van der Waals surface area contributed by atoms with Crippen LogP contribution in [0.5, 0.6) is 11.5 Å². The van der Waals surface area contributed by atoms with E-state index in [1.807, 2.05) is 29.2 Å². The second kappa shape index (κ2) is 8.87. The van der Waals surface area contributed by atoms with Gasteiger partial charge < -0.3 is 19.7 Å². The van der Waals surface area contributed by atoms with Gasteiger partial charge in [-0.05, 0) is 108 Å². The molecule has 1 N–H and O–H groups in total. The maximum Gasteiger partial charge on any atom is 0.264 e. The first-order valence-electron chi connectivity index (χ1n) is 12.6. The highest BCUT2D eigenvalue weighted by molar-refractivity contribution is 9.10. The van der Waals surface area contributed by atoms with Crippen LogP contribution in [0.1, 0.15) is 49.7 Å². The molecule has 1 amide bonds. The van der Waals surface area contributed by atoms with Crippen LogP contribution in [0.15, 0.2) is 40.9 Å². The molecule has 2 aromatic rings. The largest absolute Gasteiger partial charge is 0.493 e. The molecule has 1 aliphatic heterocycles. The molecular weight excluding hydrogens is 492 g/mol. The second-order valence-corrected chi connectivity index (χ2v) is 11.7. The number of para-hydroxylation sites is 1. The first kappa shape index (κ1) is 22.4. The Morgan fingerprint density at radius 2 is 1.82 bits per heavy atom. The van der Waals surface area contributed by atoms with Crippen LogP contribution in [0.2, 0.25) is 0 Å². The summed E-state index contributed by atoms with van der Waals surface area (Å²) in [5, 5.41) is 3.96. The van der Waals surface area contributed by atoms with Crippen molar-refractivity contribution in [2.45, 2.75) is 57.0 Å². The fraction of sp³-hybridized carbons (Fsp3) is 0.536. The molecule has 34 heavy (non-hydrogen) atoms. The number of benzene rings is 2. The molecular formula is C28H33BrN2O3. The summed E-state index contributed by atoms with van der Waals surface area (Å²) in [4.78, 5) is 14.7. The molecule has 4 aliphatic carbocycles. The normalized spacial score (nSPS) is 28.8. The third kappa shape index (κ3) is 4.13. The topological polar surface area (TPSA) is 50.8 Å². The molecule has 180 valence electrons. The molecule has 7 rings (SSSR count). The summed E-state index contributed by atoms with van der Waals surface area (Å²) in [6, 6.07) is 12.2. The predicted molar refractivity (Wildman–Crippen MR) is 136 cm³/mol. The van der Waals surface area contributed by atoms with E-state index in [1.54, 1.807) is 7.11 Å². The Bertz CT molecular complexity index is 1070. The van der Waals surface area contributed by atoms with Gasteiger partial charge in [-0.15, -0.1) is 0 Å². The molecule has 6 heteroatoms. The summed E-state index contributed by atoms with van der Waals surface area (Å²) in [5.74, 6) is 3.99. The number of carbonyl (C=O) groups is 1. The molecule has 0 atom stereocenters. The SMILES string of the molecule is COc1cc(CNC23CC4CC(CC(C4)C2)C3)cc(Br)c1OCC(=O)N1CCc2ccccc21. The number of fused-ring (bicyclic) bond motifs is 1. The first-order chi connectivity index (χ1) is 16.5. The Kier molecular flexibility index (Phi) is 5.85. The van der Waals surface area contributed by atoms with Gasteiger partial charge in [0.1, 0.15) is 0 Å². The number of carbonyl (C=O) groups excluding carboxylic acids is 1. The maximum atomic E-state index is 12.9. The van der Waals surface area contributed by atoms with Crippen molar-refractivity contribution in [1.29, 1.82) is 0 Å². The van der Waals surface area contributed by atoms with Gasteiger partial charge in [-0.25, -0.2) is 0 Å². The number of anilines is 1. The van der Waals surface area contributed by atoms with Gasteiger partial charge in [0.05, 0.1) is 11.6 Å². The number of methoxy groups -OCH3 is 1. The van der Waals surface area contributed by atoms with E-state index in [9.17, 15) is 4.79 Å². The molecule has 4 fully saturated rings. The molecule has 5 aliphatic rings. The van der Waals surface area contributed by atoms with Gasteiger partial charge in [0.2, 0.25) is 0 Å². The zero-order valence-electron chi connectivity index (χ0n) is 19.8. The standard InChI is InChI=1S/C28H33BrN2O3/c1-33-25-12-21(16-30-28-13-18-8-19(14-28)10-20(9-18)15-28)11-23(29)27(25)34-17-26(32)31-7-6-22-4-2-3-5-24(22)31/h2-5,11-12,18-20,30H,6-10,13-17H2,1H3. The highest BCUT2D eigenvalue weighted by Gasteiger charge is 2.50. The fourth-order valence-electron chi connectivity index (χ4n) is 7.44. The Morgan fingerprint density at radius 1 is 1.12 bits per heavy atom. The number of nitrogens with one attached hydrogen (secondary N) is 1. The predicted octanol–water partition coefficient (Wildman–Crippen LogP) is 5.48. The lowest BCUT2D eigenvalue weighted by Crippen LogP contribution is -2.58. The molecule has 2 aromatic carbocycles. The fourth-order valence-corrected chi connectivity index (χ4v) is 8.05. The van der Waals surface area contributed by atoms with Crippen molar-refractivity contribution in [3.8, 4) is 11.5 Å². The van der Waals surface area contributed by atoms with Crippen molar-refractivity contribution in [3.05, 3.63) is 52.0 Å². The van der Waals surface area contributed by atoms with Crippen LogP contribution in [-0.2, 0) is 17.8 Å². The van der Waals surface area contributed by atoms with Crippen LogP contribution >= 0.6 is 15.9 Å². The van der Waals surface area contributed by atoms with E-state index in [-0.39, 0.29) is 12.5 Å². The number of ether oxygens (including phenoxy) is 2. The lowest BCUT2D eigenvalue weighted by Gasteiger charge is -2.57. The summed E-state index contributed by atoms with van der Waals surface area (Å²) in [6.45, 7) is 1.51. The van der Waals surface area contributed by atoms with Crippen LogP contribution in [0.3, 0.4) is 0 Å². The van der Waals surface area contributed by atoms with Crippen molar-refractivity contribution >= 4 is 27.5 Å². The average molecular weight is 525 g/mol. The van der Waals surface area contributed by atoms with E-state index in [0.717, 1.165) is 40.9 Å². The zero-order valence-corrected chi connectivity index (χ0v) is 21.4. The number of rotatable bonds is 7. The highest BCUT2D eigenvalue weighted by atomic mass is 79.9. The van der Waals surface area contributed by atoms with Gasteiger partial charge in [-0.3, -0.25) is 4.79 Å². The minimum Gasteiger partial charge on any atom is -0.493 e. The van der Waals surface area contributed by atoms with Gasteiger partial charge in [0.25, 0.3) is 5.91 Å². The van der Waals surface area contributed by atoms with Crippen LogP contribution in [0.25, 0.3) is 0 Å². The molecule has 1 heterocycles. The van der Waals surface area contributed by atoms with Gasteiger partial charge >= 0.3 is 0 Å². The van der Waals surface area contributed by atoms with Crippen molar-refractivity contribution in [3.63, 3.8) is 0 Å². The Morgan fingerprint density at radius 3 is 2.53 bits per heavy atom. The molecule has 0 unspecified atom stereocenters. The van der Waals surface area contributed by atoms with Crippen LogP contribution in [0, 0.1) is 17.8 Å². The number of hydrogen-bond acceptors (Lipinski definition) is 4. The second-order valence-electron chi connectivity index (χ2n) is 10.9. The van der Waals surface area contributed by atoms with Crippen molar-refractivity contribution in [2.24, 2.45) is 17.8 Å². The molecule has 0 saturated heterocycles. The number of amides is 1. The van der Waals surface area contributed by atoms with Gasteiger partial charge in [-0.2, -0.15) is 0 Å². The monoisotopic (exact) mass is 524 g/mol. The Labute approximate surface area is 210 Å².